The van der Waals surface area contributed by atoms with E-state index >= 15 is 0 Å². The Balaban J connectivity index is 2.60. The molecule has 1 aromatic heterocycles. The largest absolute Gasteiger partial charge is 0.296 e. The number of carbonyl (C=O) groups is 1. The number of halogens is 3. The van der Waals surface area contributed by atoms with Crippen molar-refractivity contribution in [1.29, 1.82) is 0 Å². The van der Waals surface area contributed by atoms with E-state index in [0.29, 0.717) is 21.9 Å². The standard InChI is InChI=1S/C12H6Cl2FNO/c13-7-1-4-11(14)10(5-7)9-3-2-8(6-17)16-12(9)15/h1-6H. The third kappa shape index (κ3) is 2.46. The van der Waals surface area contributed by atoms with E-state index in [0.717, 1.165) is 0 Å². The van der Waals surface area contributed by atoms with Gasteiger partial charge >= 0.3 is 0 Å². The van der Waals surface area contributed by atoms with Crippen molar-refractivity contribution in [2.75, 3.05) is 0 Å². The van der Waals surface area contributed by atoms with Gasteiger partial charge in [-0.2, -0.15) is 4.39 Å². The number of hydrogen-bond donors (Lipinski definition) is 0. The fourth-order valence-electron chi connectivity index (χ4n) is 1.42. The molecule has 0 amide bonds. The van der Waals surface area contributed by atoms with Crippen molar-refractivity contribution in [2.24, 2.45) is 0 Å². The molecule has 1 heterocycles. The minimum Gasteiger partial charge on any atom is -0.296 e. The van der Waals surface area contributed by atoms with Gasteiger partial charge in [0.1, 0.15) is 5.69 Å². The molecule has 0 aliphatic rings. The van der Waals surface area contributed by atoms with Gasteiger partial charge in [0.2, 0.25) is 5.95 Å². The first-order valence-corrected chi connectivity index (χ1v) is 5.44. The lowest BCUT2D eigenvalue weighted by Gasteiger charge is -2.06. The second kappa shape index (κ2) is 4.82. The molecule has 17 heavy (non-hydrogen) atoms. The summed E-state index contributed by atoms with van der Waals surface area (Å²) >= 11 is 11.8. The summed E-state index contributed by atoms with van der Waals surface area (Å²) in [6.45, 7) is 0. The third-order valence-corrected chi connectivity index (χ3v) is 2.77. The predicted molar refractivity (Wildman–Crippen MR) is 65.0 cm³/mol. The summed E-state index contributed by atoms with van der Waals surface area (Å²) in [6.07, 6.45) is 0.479. The Morgan fingerprint density at radius 3 is 2.53 bits per heavy atom. The molecule has 0 aliphatic heterocycles. The summed E-state index contributed by atoms with van der Waals surface area (Å²) < 4.78 is 13.7. The van der Waals surface area contributed by atoms with E-state index in [9.17, 15) is 9.18 Å². The van der Waals surface area contributed by atoms with Crippen molar-refractivity contribution in [3.63, 3.8) is 0 Å². The number of nitrogens with zero attached hydrogens (tertiary/aromatic N) is 1. The lowest BCUT2D eigenvalue weighted by Crippen LogP contribution is -1.94. The Morgan fingerprint density at radius 2 is 1.88 bits per heavy atom. The van der Waals surface area contributed by atoms with Crippen LogP contribution in [0.3, 0.4) is 0 Å². The Labute approximate surface area is 107 Å². The van der Waals surface area contributed by atoms with Crippen LogP contribution in [0.25, 0.3) is 11.1 Å². The van der Waals surface area contributed by atoms with E-state index in [2.05, 4.69) is 4.98 Å². The second-order valence-corrected chi connectivity index (χ2v) is 4.16. The van der Waals surface area contributed by atoms with Crippen molar-refractivity contribution in [3.8, 4) is 11.1 Å². The van der Waals surface area contributed by atoms with E-state index < -0.39 is 5.95 Å². The predicted octanol–water partition coefficient (Wildman–Crippen LogP) is 4.01. The molecule has 0 N–H and O–H groups in total. The molecule has 0 saturated carbocycles. The van der Waals surface area contributed by atoms with Gasteiger partial charge in [0, 0.05) is 21.2 Å². The summed E-state index contributed by atoms with van der Waals surface area (Å²) in [5.74, 6) is -0.751. The smallest absolute Gasteiger partial charge is 0.221 e. The van der Waals surface area contributed by atoms with Crippen LogP contribution in [0.1, 0.15) is 10.5 Å². The van der Waals surface area contributed by atoms with Gasteiger partial charge in [0.05, 0.1) is 0 Å². The van der Waals surface area contributed by atoms with E-state index in [4.69, 9.17) is 23.2 Å². The average molecular weight is 270 g/mol. The first-order valence-electron chi connectivity index (χ1n) is 4.69. The Kier molecular flexibility index (Phi) is 3.41. The van der Waals surface area contributed by atoms with E-state index in [-0.39, 0.29) is 11.3 Å². The topological polar surface area (TPSA) is 30.0 Å². The van der Waals surface area contributed by atoms with Gasteiger partial charge in [-0.1, -0.05) is 23.2 Å². The molecular weight excluding hydrogens is 264 g/mol. The van der Waals surface area contributed by atoms with Crippen LogP contribution in [0.2, 0.25) is 10.0 Å². The van der Waals surface area contributed by atoms with Crippen LogP contribution in [0, 0.1) is 5.95 Å². The zero-order valence-electron chi connectivity index (χ0n) is 8.45. The molecule has 0 aliphatic carbocycles. The summed E-state index contributed by atoms with van der Waals surface area (Å²) in [7, 11) is 0. The Hall–Kier alpha value is -1.45. The molecule has 0 bridgehead atoms. The van der Waals surface area contributed by atoms with Gasteiger partial charge in [0.25, 0.3) is 0 Å². The van der Waals surface area contributed by atoms with Crippen molar-refractivity contribution in [3.05, 3.63) is 52.0 Å². The van der Waals surface area contributed by atoms with Gasteiger partial charge in [-0.05, 0) is 30.3 Å². The van der Waals surface area contributed by atoms with E-state index in [1.165, 1.54) is 12.1 Å². The lowest BCUT2D eigenvalue weighted by molar-refractivity contribution is 0.111. The Bertz CT molecular complexity index is 587. The third-order valence-electron chi connectivity index (χ3n) is 2.21. The average Bonchev–Trinajstić information content (AvgIpc) is 2.32. The van der Waals surface area contributed by atoms with Crippen LogP contribution in [0.4, 0.5) is 4.39 Å². The molecular formula is C12H6Cl2FNO. The number of hydrogen-bond acceptors (Lipinski definition) is 2. The minimum absolute atomic E-state index is 0.0319. The van der Waals surface area contributed by atoms with E-state index in [1.54, 1.807) is 18.2 Å². The molecule has 1 aromatic carbocycles. The maximum Gasteiger partial charge on any atom is 0.221 e. The number of aldehydes is 1. The van der Waals surface area contributed by atoms with Crippen molar-refractivity contribution in [2.45, 2.75) is 0 Å². The molecule has 0 saturated heterocycles. The molecule has 2 nitrogen and oxygen atoms in total. The fourth-order valence-corrected chi connectivity index (χ4v) is 1.81. The highest BCUT2D eigenvalue weighted by Gasteiger charge is 2.11. The van der Waals surface area contributed by atoms with Crippen molar-refractivity contribution < 1.29 is 9.18 Å². The highest BCUT2D eigenvalue weighted by Crippen LogP contribution is 2.31. The lowest BCUT2D eigenvalue weighted by atomic mass is 10.1. The summed E-state index contributed by atoms with van der Waals surface area (Å²) in [5.41, 5.74) is 0.689. The minimum atomic E-state index is -0.751. The van der Waals surface area contributed by atoms with Crippen LogP contribution >= 0.6 is 23.2 Å². The highest BCUT2D eigenvalue weighted by atomic mass is 35.5. The molecule has 2 rings (SSSR count). The zero-order chi connectivity index (χ0) is 12.4. The van der Waals surface area contributed by atoms with Gasteiger partial charge in [-0.3, -0.25) is 4.79 Å². The van der Waals surface area contributed by atoms with Crippen molar-refractivity contribution >= 4 is 29.5 Å². The van der Waals surface area contributed by atoms with Crippen LogP contribution in [-0.4, -0.2) is 11.3 Å². The Morgan fingerprint density at radius 1 is 1.12 bits per heavy atom. The molecule has 0 unspecified atom stereocenters. The molecule has 0 radical (unpaired) electrons. The quantitative estimate of drug-likeness (QED) is 0.609. The van der Waals surface area contributed by atoms with Crippen LogP contribution in [-0.2, 0) is 0 Å². The van der Waals surface area contributed by atoms with Crippen molar-refractivity contribution in [1.82, 2.24) is 4.98 Å². The first kappa shape index (κ1) is 12.0. The van der Waals surface area contributed by atoms with Gasteiger partial charge in [-0.15, -0.1) is 0 Å². The zero-order valence-corrected chi connectivity index (χ0v) is 9.97. The normalized spacial score (nSPS) is 10.3. The van der Waals surface area contributed by atoms with E-state index in [1.807, 2.05) is 0 Å². The summed E-state index contributed by atoms with van der Waals surface area (Å²) in [4.78, 5) is 14.0. The first-order chi connectivity index (χ1) is 8.11. The van der Waals surface area contributed by atoms with Gasteiger partial charge in [-0.25, -0.2) is 4.98 Å². The number of benzene rings is 1. The molecule has 0 fully saturated rings. The molecule has 0 atom stereocenters. The summed E-state index contributed by atoms with van der Waals surface area (Å²) in [6, 6.07) is 7.60. The van der Waals surface area contributed by atoms with Gasteiger partial charge in [0.15, 0.2) is 6.29 Å². The van der Waals surface area contributed by atoms with Crippen LogP contribution in [0.5, 0.6) is 0 Å². The summed E-state index contributed by atoms with van der Waals surface area (Å²) in [5, 5.41) is 0.817. The monoisotopic (exact) mass is 269 g/mol. The SMILES string of the molecule is O=Cc1ccc(-c2cc(Cl)ccc2Cl)c(F)n1. The maximum atomic E-state index is 13.7. The molecule has 2 aromatic rings. The van der Waals surface area contributed by atoms with Crippen LogP contribution < -0.4 is 0 Å². The van der Waals surface area contributed by atoms with Gasteiger partial charge < -0.3 is 0 Å². The number of aromatic nitrogens is 1. The number of rotatable bonds is 2. The molecule has 0 spiro atoms. The van der Waals surface area contributed by atoms with Crippen LogP contribution in [0.15, 0.2) is 30.3 Å². The maximum absolute atomic E-state index is 13.7. The fraction of sp³-hybridized carbons (Fsp3) is 0. The highest BCUT2D eigenvalue weighted by molar-refractivity contribution is 6.35. The molecule has 5 heteroatoms. The number of pyridine rings is 1. The number of carbonyl (C=O) groups excluding carboxylic acids is 1. The second-order valence-electron chi connectivity index (χ2n) is 3.32. The molecule has 86 valence electrons.